The van der Waals surface area contributed by atoms with Crippen LogP contribution in [0.4, 0.5) is 0 Å². The highest BCUT2D eigenvalue weighted by molar-refractivity contribution is 5.16. The minimum Gasteiger partial charge on any atom is -0.390 e. The number of benzene rings is 1. The van der Waals surface area contributed by atoms with Gasteiger partial charge in [0.2, 0.25) is 0 Å². The lowest BCUT2D eigenvalue weighted by Gasteiger charge is -2.23. The van der Waals surface area contributed by atoms with Crippen LogP contribution in [0.5, 0.6) is 0 Å². The molecule has 0 spiro atoms. The van der Waals surface area contributed by atoms with Gasteiger partial charge in [0.15, 0.2) is 0 Å². The molecule has 0 saturated heterocycles. The van der Waals surface area contributed by atoms with Crippen molar-refractivity contribution in [2.45, 2.75) is 56.7 Å². The van der Waals surface area contributed by atoms with Crippen molar-refractivity contribution in [1.82, 2.24) is 5.32 Å². The Bertz CT molecular complexity index is 376. The third-order valence-corrected chi connectivity index (χ3v) is 4.08. The van der Waals surface area contributed by atoms with Gasteiger partial charge in [0.25, 0.3) is 0 Å². The lowest BCUT2D eigenvalue weighted by Crippen LogP contribution is -2.46. The molecule has 0 amide bonds. The quantitative estimate of drug-likeness (QED) is 0.670. The lowest BCUT2D eigenvalue weighted by molar-refractivity contribution is 0.135. The van der Waals surface area contributed by atoms with Crippen molar-refractivity contribution in [3.05, 3.63) is 35.9 Å². The Hall–Kier alpha value is -0.900. The first kappa shape index (κ1) is 14.5. The summed E-state index contributed by atoms with van der Waals surface area (Å²) in [6.45, 7) is 2.81. The maximum atomic E-state index is 10.2. The van der Waals surface area contributed by atoms with Crippen molar-refractivity contribution in [2.24, 2.45) is 5.73 Å². The van der Waals surface area contributed by atoms with Crippen molar-refractivity contribution in [2.75, 3.05) is 6.54 Å². The van der Waals surface area contributed by atoms with E-state index in [-0.39, 0.29) is 6.04 Å². The number of hydrogen-bond donors (Lipinski definition) is 3. The van der Waals surface area contributed by atoms with Crippen LogP contribution in [0.2, 0.25) is 0 Å². The second-order valence-electron chi connectivity index (χ2n) is 5.83. The molecule has 0 heterocycles. The van der Waals surface area contributed by atoms with Crippen molar-refractivity contribution in [3.8, 4) is 0 Å². The van der Waals surface area contributed by atoms with E-state index in [9.17, 15) is 5.11 Å². The Morgan fingerprint density at radius 3 is 2.58 bits per heavy atom. The number of nitrogens with one attached hydrogen (secondary N) is 1. The second kappa shape index (κ2) is 6.51. The van der Waals surface area contributed by atoms with Gasteiger partial charge in [-0.1, -0.05) is 43.7 Å². The highest BCUT2D eigenvalue weighted by Crippen LogP contribution is 2.39. The Morgan fingerprint density at radius 2 is 2.00 bits per heavy atom. The van der Waals surface area contributed by atoms with Gasteiger partial charge < -0.3 is 16.2 Å². The van der Waals surface area contributed by atoms with Crippen LogP contribution < -0.4 is 11.1 Å². The minimum absolute atomic E-state index is 0.202. The van der Waals surface area contributed by atoms with Crippen LogP contribution in [-0.2, 0) is 6.42 Å². The molecule has 1 aliphatic carbocycles. The van der Waals surface area contributed by atoms with Gasteiger partial charge in [-0.25, -0.2) is 0 Å². The molecule has 1 aliphatic rings. The summed E-state index contributed by atoms with van der Waals surface area (Å²) in [6.07, 6.45) is 5.12. The largest absolute Gasteiger partial charge is 0.390 e. The normalized spacial score (nSPS) is 19.9. The number of aliphatic hydroxyl groups excluding tert-OH is 1. The van der Waals surface area contributed by atoms with Crippen LogP contribution in [0.1, 0.15) is 38.2 Å². The van der Waals surface area contributed by atoms with Crippen molar-refractivity contribution in [3.63, 3.8) is 0 Å². The Labute approximate surface area is 116 Å². The zero-order chi connectivity index (χ0) is 13.7. The number of rotatable bonds is 8. The highest BCUT2D eigenvalue weighted by atomic mass is 16.3. The molecule has 106 valence electrons. The monoisotopic (exact) mass is 262 g/mol. The molecule has 0 radical (unpaired) electrons. The summed E-state index contributed by atoms with van der Waals surface area (Å²) in [6, 6.07) is 9.92. The van der Waals surface area contributed by atoms with E-state index in [4.69, 9.17) is 5.73 Å². The predicted molar refractivity (Wildman–Crippen MR) is 79.0 cm³/mol. The number of aliphatic hydroxyl groups is 1. The van der Waals surface area contributed by atoms with Gasteiger partial charge in [0.1, 0.15) is 0 Å². The van der Waals surface area contributed by atoms with E-state index >= 15 is 0 Å². The minimum atomic E-state index is -0.477. The molecule has 0 unspecified atom stereocenters. The first-order valence-electron chi connectivity index (χ1n) is 7.38. The molecular weight excluding hydrogens is 236 g/mol. The Morgan fingerprint density at radius 1 is 1.32 bits per heavy atom. The highest BCUT2D eigenvalue weighted by Gasteiger charge is 2.41. The Kier molecular flexibility index (Phi) is 4.97. The first-order chi connectivity index (χ1) is 9.15. The van der Waals surface area contributed by atoms with Gasteiger partial charge in [-0.2, -0.15) is 0 Å². The van der Waals surface area contributed by atoms with E-state index in [1.54, 1.807) is 0 Å². The van der Waals surface area contributed by atoms with Crippen molar-refractivity contribution >= 4 is 0 Å². The number of hydrogen-bond acceptors (Lipinski definition) is 3. The van der Waals surface area contributed by atoms with Crippen LogP contribution in [0, 0.1) is 0 Å². The van der Waals surface area contributed by atoms with Gasteiger partial charge in [-0.15, -0.1) is 0 Å². The number of nitrogens with two attached hydrogens (primary N) is 1. The third kappa shape index (κ3) is 4.30. The molecule has 1 aromatic rings. The topological polar surface area (TPSA) is 58.3 Å². The van der Waals surface area contributed by atoms with E-state index in [0.717, 1.165) is 6.42 Å². The molecule has 0 aliphatic heterocycles. The fourth-order valence-electron chi connectivity index (χ4n) is 2.64. The smallest absolute Gasteiger partial charge is 0.0818 e. The van der Waals surface area contributed by atoms with Gasteiger partial charge in [0.05, 0.1) is 6.10 Å². The van der Waals surface area contributed by atoms with Crippen LogP contribution in [0.3, 0.4) is 0 Å². The fraction of sp³-hybridized carbons (Fsp3) is 0.625. The van der Waals surface area contributed by atoms with Crippen molar-refractivity contribution < 1.29 is 5.11 Å². The average Bonchev–Trinajstić information content (AvgIpc) is 3.18. The van der Waals surface area contributed by atoms with Gasteiger partial charge in [0, 0.05) is 18.1 Å². The second-order valence-corrected chi connectivity index (χ2v) is 5.83. The van der Waals surface area contributed by atoms with Crippen LogP contribution in [-0.4, -0.2) is 29.3 Å². The molecule has 1 aromatic carbocycles. The van der Waals surface area contributed by atoms with Gasteiger partial charge in [-0.3, -0.25) is 0 Å². The summed E-state index contributed by atoms with van der Waals surface area (Å²) in [7, 11) is 0. The molecule has 2 atom stereocenters. The van der Waals surface area contributed by atoms with Crippen LogP contribution >= 0.6 is 0 Å². The molecule has 3 heteroatoms. The van der Waals surface area contributed by atoms with E-state index in [1.807, 2.05) is 18.2 Å². The van der Waals surface area contributed by atoms with Crippen LogP contribution in [0.15, 0.2) is 30.3 Å². The summed E-state index contributed by atoms with van der Waals surface area (Å²) in [5.74, 6) is 0. The molecule has 0 bridgehead atoms. The summed E-state index contributed by atoms with van der Waals surface area (Å²) in [4.78, 5) is 0. The zero-order valence-corrected chi connectivity index (χ0v) is 11.8. The number of β-amino-alcohol motifs (C(OH)–C–C–N with tert-alkyl or cyclic N) is 1. The summed E-state index contributed by atoms with van der Waals surface area (Å²) in [5.41, 5.74) is 7.57. The van der Waals surface area contributed by atoms with Gasteiger partial charge >= 0.3 is 0 Å². The molecule has 1 saturated carbocycles. The van der Waals surface area contributed by atoms with E-state index in [0.29, 0.717) is 12.1 Å². The molecule has 19 heavy (non-hydrogen) atoms. The first-order valence-corrected chi connectivity index (χ1v) is 7.38. The molecule has 0 aromatic heterocycles. The summed E-state index contributed by atoms with van der Waals surface area (Å²) in [5, 5.41) is 13.7. The third-order valence-electron chi connectivity index (χ3n) is 4.08. The van der Waals surface area contributed by atoms with Crippen molar-refractivity contribution in [1.29, 1.82) is 0 Å². The molecular formula is C16H26N2O. The fourth-order valence-corrected chi connectivity index (χ4v) is 2.64. The average molecular weight is 262 g/mol. The van der Waals surface area contributed by atoms with E-state index < -0.39 is 6.10 Å². The molecule has 2 rings (SSSR count). The van der Waals surface area contributed by atoms with Crippen LogP contribution in [0.25, 0.3) is 0 Å². The lowest BCUT2D eigenvalue weighted by atomic mass is 10.0. The summed E-state index contributed by atoms with van der Waals surface area (Å²) < 4.78 is 0. The molecule has 4 N–H and O–H groups in total. The standard InChI is InChI=1S/C16H26N2O/c1-2-8-16(9-10-16)18-12-15(19)14(17)11-13-6-4-3-5-7-13/h3-7,14-15,18-19H,2,8-12,17H2,1H3/t14-,15+/m0/s1. The van der Waals surface area contributed by atoms with E-state index in [1.165, 1.54) is 31.2 Å². The Balaban J connectivity index is 1.75. The van der Waals surface area contributed by atoms with Gasteiger partial charge in [-0.05, 0) is 31.2 Å². The molecule has 1 fully saturated rings. The predicted octanol–water partition coefficient (Wildman–Crippen LogP) is 1.84. The zero-order valence-electron chi connectivity index (χ0n) is 11.8. The maximum Gasteiger partial charge on any atom is 0.0818 e. The maximum absolute atomic E-state index is 10.2. The van der Waals surface area contributed by atoms with E-state index in [2.05, 4.69) is 24.4 Å². The SMILES string of the molecule is CCCC1(NC[C@@H](O)[C@@H](N)Cc2ccccc2)CC1. The summed E-state index contributed by atoms with van der Waals surface area (Å²) >= 11 is 0. The molecule has 3 nitrogen and oxygen atoms in total.